The Labute approximate surface area is 178 Å². The second-order valence-corrected chi connectivity index (χ2v) is 8.78. The van der Waals surface area contributed by atoms with Crippen LogP contribution in [0.2, 0.25) is 0 Å². The number of rotatable bonds is 7. The standard InChI is InChI=1S/C20H18F2N2O4S2/c1-10(23-16(25)7-11-5-13(21)9-14(22)6-11)18(26)24-17(19(27)28-2)15-8-12-3-4-29-20(12)30-15/h3-6,8-10,17H,7H2,1-2H3,(H,23,25)(H,24,26)/t10-,17?/m0/s1. The monoisotopic (exact) mass is 452 g/mol. The molecule has 30 heavy (non-hydrogen) atoms. The molecule has 0 aliphatic rings. The summed E-state index contributed by atoms with van der Waals surface area (Å²) in [5.74, 6) is -3.40. The second kappa shape index (κ2) is 9.31. The zero-order valence-electron chi connectivity index (χ0n) is 16.0. The highest BCUT2D eigenvalue weighted by molar-refractivity contribution is 7.37. The molecule has 10 heteroatoms. The van der Waals surface area contributed by atoms with Crippen molar-refractivity contribution < 1.29 is 27.9 Å². The third-order valence-corrected chi connectivity index (χ3v) is 6.50. The van der Waals surface area contributed by atoms with Crippen LogP contribution in [-0.4, -0.2) is 30.9 Å². The average Bonchev–Trinajstić information content (AvgIpc) is 3.26. The molecule has 0 fully saturated rings. The van der Waals surface area contributed by atoms with Crippen molar-refractivity contribution in [1.29, 1.82) is 0 Å². The summed E-state index contributed by atoms with van der Waals surface area (Å²) in [6, 6.07) is 4.52. The van der Waals surface area contributed by atoms with E-state index in [0.29, 0.717) is 10.9 Å². The van der Waals surface area contributed by atoms with Crippen LogP contribution in [0, 0.1) is 11.6 Å². The summed E-state index contributed by atoms with van der Waals surface area (Å²) in [6.07, 6.45) is -0.298. The normalized spacial score (nSPS) is 12.9. The number of amides is 2. The quantitative estimate of drug-likeness (QED) is 0.539. The molecule has 0 saturated carbocycles. The SMILES string of the molecule is COC(=O)C(NC(=O)[C@H](C)NC(=O)Cc1cc(F)cc(F)c1)c1cc2ccsc2s1. The van der Waals surface area contributed by atoms with Gasteiger partial charge in [0.2, 0.25) is 11.8 Å². The lowest BCUT2D eigenvalue weighted by molar-refractivity contribution is -0.145. The van der Waals surface area contributed by atoms with Crippen LogP contribution in [0.25, 0.3) is 9.40 Å². The first kappa shape index (κ1) is 21.8. The number of methoxy groups -OCH3 is 1. The smallest absolute Gasteiger partial charge is 0.333 e. The van der Waals surface area contributed by atoms with Gasteiger partial charge >= 0.3 is 5.97 Å². The molecular formula is C20H18F2N2O4S2. The van der Waals surface area contributed by atoms with Gasteiger partial charge in [-0.2, -0.15) is 0 Å². The summed E-state index contributed by atoms with van der Waals surface area (Å²) in [6.45, 7) is 1.45. The van der Waals surface area contributed by atoms with E-state index in [1.165, 1.54) is 36.7 Å². The number of hydrogen-bond acceptors (Lipinski definition) is 6. The Morgan fingerprint density at radius 1 is 1.10 bits per heavy atom. The fourth-order valence-corrected chi connectivity index (χ4v) is 4.98. The lowest BCUT2D eigenvalue weighted by atomic mass is 10.1. The highest BCUT2D eigenvalue weighted by Crippen LogP contribution is 2.34. The van der Waals surface area contributed by atoms with Crippen molar-refractivity contribution in [3.8, 4) is 0 Å². The number of nitrogens with one attached hydrogen (secondary N) is 2. The number of esters is 1. The number of ether oxygens (including phenoxy) is 1. The number of benzene rings is 1. The summed E-state index contributed by atoms with van der Waals surface area (Å²) in [7, 11) is 1.22. The summed E-state index contributed by atoms with van der Waals surface area (Å²) < 4.78 is 32.3. The van der Waals surface area contributed by atoms with Crippen molar-refractivity contribution in [3.63, 3.8) is 0 Å². The van der Waals surface area contributed by atoms with Crippen LogP contribution < -0.4 is 10.6 Å². The van der Waals surface area contributed by atoms with Crippen LogP contribution in [0.15, 0.2) is 35.7 Å². The number of fused-ring (bicyclic) bond motifs is 1. The fraction of sp³-hybridized carbons (Fsp3) is 0.250. The van der Waals surface area contributed by atoms with E-state index >= 15 is 0 Å². The minimum absolute atomic E-state index is 0.142. The fourth-order valence-electron chi connectivity index (χ4n) is 2.82. The average molecular weight is 453 g/mol. The van der Waals surface area contributed by atoms with Crippen LogP contribution in [0.4, 0.5) is 8.78 Å². The van der Waals surface area contributed by atoms with Crippen LogP contribution in [-0.2, 0) is 25.5 Å². The van der Waals surface area contributed by atoms with Gasteiger partial charge in [0.15, 0.2) is 6.04 Å². The first-order chi connectivity index (χ1) is 14.3. The van der Waals surface area contributed by atoms with Gasteiger partial charge in [-0.05, 0) is 42.1 Å². The molecule has 0 aliphatic carbocycles. The Bertz CT molecular complexity index is 1050. The van der Waals surface area contributed by atoms with Crippen molar-refractivity contribution in [2.45, 2.75) is 25.4 Å². The zero-order valence-corrected chi connectivity index (χ0v) is 17.7. The van der Waals surface area contributed by atoms with Crippen LogP contribution >= 0.6 is 22.7 Å². The molecule has 6 nitrogen and oxygen atoms in total. The van der Waals surface area contributed by atoms with Gasteiger partial charge < -0.3 is 15.4 Å². The number of hydrogen-bond donors (Lipinski definition) is 2. The molecule has 158 valence electrons. The molecule has 2 atom stereocenters. The van der Waals surface area contributed by atoms with E-state index in [-0.39, 0.29) is 12.0 Å². The summed E-state index contributed by atoms with van der Waals surface area (Å²) >= 11 is 2.90. The summed E-state index contributed by atoms with van der Waals surface area (Å²) in [4.78, 5) is 37.5. The molecule has 2 heterocycles. The van der Waals surface area contributed by atoms with Crippen molar-refractivity contribution in [2.75, 3.05) is 7.11 Å². The van der Waals surface area contributed by atoms with E-state index in [2.05, 4.69) is 10.6 Å². The van der Waals surface area contributed by atoms with Crippen molar-refractivity contribution >= 4 is 49.9 Å². The molecule has 0 spiro atoms. The number of thiophene rings is 2. The summed E-state index contributed by atoms with van der Waals surface area (Å²) in [5.41, 5.74) is 0.142. The number of carbonyl (C=O) groups is 3. The van der Waals surface area contributed by atoms with Gasteiger partial charge in [-0.3, -0.25) is 9.59 Å². The predicted octanol–water partition coefficient (Wildman–Crippen LogP) is 3.32. The molecule has 3 rings (SSSR count). The Kier molecular flexibility index (Phi) is 6.78. The van der Waals surface area contributed by atoms with E-state index in [9.17, 15) is 23.2 Å². The molecule has 1 aromatic carbocycles. The van der Waals surface area contributed by atoms with Crippen molar-refractivity contribution in [1.82, 2.24) is 10.6 Å². The van der Waals surface area contributed by atoms with Gasteiger partial charge in [-0.1, -0.05) is 0 Å². The van der Waals surface area contributed by atoms with Crippen molar-refractivity contribution in [3.05, 3.63) is 57.8 Å². The second-order valence-electron chi connectivity index (χ2n) is 6.52. The lowest BCUT2D eigenvalue weighted by Gasteiger charge is -2.19. The topological polar surface area (TPSA) is 84.5 Å². The van der Waals surface area contributed by atoms with E-state index in [1.807, 2.05) is 11.4 Å². The highest BCUT2D eigenvalue weighted by atomic mass is 32.2. The maximum Gasteiger partial charge on any atom is 0.333 e. The molecule has 0 saturated heterocycles. The first-order valence-corrected chi connectivity index (χ1v) is 10.6. The number of carbonyl (C=O) groups excluding carboxylic acids is 3. The Balaban J connectivity index is 1.65. The van der Waals surface area contributed by atoms with Crippen molar-refractivity contribution in [2.24, 2.45) is 0 Å². The van der Waals surface area contributed by atoms with Crippen LogP contribution in [0.3, 0.4) is 0 Å². The van der Waals surface area contributed by atoms with Gasteiger partial charge in [0.05, 0.1) is 17.5 Å². The van der Waals surface area contributed by atoms with Gasteiger partial charge in [0.1, 0.15) is 17.7 Å². The summed E-state index contributed by atoms with van der Waals surface area (Å²) in [5, 5.41) is 7.94. The molecule has 0 radical (unpaired) electrons. The Morgan fingerprint density at radius 3 is 2.43 bits per heavy atom. The molecule has 1 unspecified atom stereocenters. The van der Waals surface area contributed by atoms with Gasteiger partial charge in [0, 0.05) is 16.3 Å². The van der Waals surface area contributed by atoms with Crippen LogP contribution in [0.5, 0.6) is 0 Å². The predicted molar refractivity (Wildman–Crippen MR) is 110 cm³/mol. The largest absolute Gasteiger partial charge is 0.467 e. The minimum Gasteiger partial charge on any atom is -0.467 e. The maximum absolute atomic E-state index is 13.3. The van der Waals surface area contributed by atoms with E-state index < -0.39 is 41.5 Å². The molecule has 2 N–H and O–H groups in total. The Morgan fingerprint density at radius 2 is 1.80 bits per heavy atom. The zero-order chi connectivity index (χ0) is 21.8. The molecule has 0 aliphatic heterocycles. The molecular weight excluding hydrogens is 434 g/mol. The molecule has 3 aromatic rings. The van der Waals surface area contributed by atoms with Crippen LogP contribution in [0.1, 0.15) is 23.4 Å². The third-order valence-electron chi connectivity index (χ3n) is 4.23. The van der Waals surface area contributed by atoms with Gasteiger partial charge in [-0.15, -0.1) is 22.7 Å². The first-order valence-electron chi connectivity index (χ1n) is 8.86. The van der Waals surface area contributed by atoms with E-state index in [0.717, 1.165) is 21.5 Å². The lowest BCUT2D eigenvalue weighted by Crippen LogP contribution is -2.47. The minimum atomic E-state index is -1.01. The molecule has 2 amide bonds. The van der Waals surface area contributed by atoms with E-state index in [1.54, 1.807) is 6.07 Å². The highest BCUT2D eigenvalue weighted by Gasteiger charge is 2.28. The van der Waals surface area contributed by atoms with Gasteiger partial charge in [-0.25, -0.2) is 13.6 Å². The van der Waals surface area contributed by atoms with Gasteiger partial charge in [0.25, 0.3) is 0 Å². The third kappa shape index (κ3) is 5.19. The number of halogens is 2. The maximum atomic E-state index is 13.3. The molecule has 2 aromatic heterocycles. The Hall–Kier alpha value is -2.85. The van der Waals surface area contributed by atoms with E-state index in [4.69, 9.17) is 4.74 Å². The molecule has 0 bridgehead atoms.